The smallest absolute Gasteiger partial charge is 0.119 e. The van der Waals surface area contributed by atoms with E-state index in [0.717, 1.165) is 0 Å². The van der Waals surface area contributed by atoms with Gasteiger partial charge in [-0.15, -0.1) is 0 Å². The Kier molecular flexibility index (Phi) is 5.29. The highest BCUT2D eigenvalue weighted by Gasteiger charge is 2.07. The SMILES string of the molecule is Nc1ccc(OCCS(=O)c2ccc(Cl)c(Cl)c2)cc1. The van der Waals surface area contributed by atoms with Crippen molar-refractivity contribution in [2.45, 2.75) is 4.90 Å². The molecule has 20 heavy (non-hydrogen) atoms. The number of benzene rings is 2. The summed E-state index contributed by atoms with van der Waals surface area (Å²) in [5.41, 5.74) is 6.26. The van der Waals surface area contributed by atoms with E-state index in [1.807, 2.05) is 0 Å². The van der Waals surface area contributed by atoms with Crippen LogP contribution in [0.2, 0.25) is 10.0 Å². The first-order valence-electron chi connectivity index (χ1n) is 5.88. The van der Waals surface area contributed by atoms with Crippen LogP contribution in [0.25, 0.3) is 0 Å². The van der Waals surface area contributed by atoms with E-state index < -0.39 is 10.8 Å². The highest BCUT2D eigenvalue weighted by Crippen LogP contribution is 2.24. The van der Waals surface area contributed by atoms with Gasteiger partial charge in [-0.05, 0) is 42.5 Å². The van der Waals surface area contributed by atoms with Crippen molar-refractivity contribution in [3.63, 3.8) is 0 Å². The largest absolute Gasteiger partial charge is 0.493 e. The van der Waals surface area contributed by atoms with Crippen molar-refractivity contribution in [1.82, 2.24) is 0 Å². The number of hydrogen-bond acceptors (Lipinski definition) is 3. The zero-order valence-corrected chi connectivity index (χ0v) is 12.8. The van der Waals surface area contributed by atoms with Gasteiger partial charge >= 0.3 is 0 Å². The molecule has 6 heteroatoms. The molecule has 0 saturated carbocycles. The van der Waals surface area contributed by atoms with Crippen molar-refractivity contribution in [1.29, 1.82) is 0 Å². The van der Waals surface area contributed by atoms with Crippen LogP contribution in [0.15, 0.2) is 47.4 Å². The molecule has 0 spiro atoms. The van der Waals surface area contributed by atoms with E-state index in [2.05, 4.69) is 0 Å². The van der Waals surface area contributed by atoms with Gasteiger partial charge in [-0.3, -0.25) is 4.21 Å². The number of nitrogen functional groups attached to an aromatic ring is 1. The maximum atomic E-state index is 12.1. The third kappa shape index (κ3) is 4.13. The maximum Gasteiger partial charge on any atom is 0.119 e. The van der Waals surface area contributed by atoms with Gasteiger partial charge in [0.25, 0.3) is 0 Å². The molecule has 2 rings (SSSR count). The van der Waals surface area contributed by atoms with Crippen molar-refractivity contribution < 1.29 is 8.95 Å². The summed E-state index contributed by atoms with van der Waals surface area (Å²) in [6.45, 7) is 0.344. The quantitative estimate of drug-likeness (QED) is 0.849. The Balaban J connectivity index is 1.88. The van der Waals surface area contributed by atoms with Crippen LogP contribution in [0.3, 0.4) is 0 Å². The lowest BCUT2D eigenvalue weighted by Crippen LogP contribution is -2.08. The molecule has 2 aromatic carbocycles. The molecule has 0 heterocycles. The molecule has 1 unspecified atom stereocenters. The van der Waals surface area contributed by atoms with E-state index >= 15 is 0 Å². The van der Waals surface area contributed by atoms with E-state index in [1.54, 1.807) is 42.5 Å². The standard InChI is InChI=1S/C14H13Cl2NO2S/c15-13-6-5-12(9-14(13)16)20(18)8-7-19-11-3-1-10(17)2-4-11/h1-6,9H,7-8,17H2. The van der Waals surface area contributed by atoms with Crippen molar-refractivity contribution in [3.8, 4) is 5.75 Å². The molecule has 0 aliphatic rings. The molecule has 0 aromatic heterocycles. The van der Waals surface area contributed by atoms with Gasteiger partial charge in [0.15, 0.2) is 0 Å². The zero-order valence-electron chi connectivity index (χ0n) is 10.5. The first-order chi connectivity index (χ1) is 9.56. The van der Waals surface area contributed by atoms with E-state index in [-0.39, 0.29) is 0 Å². The molecule has 0 aliphatic carbocycles. The molecule has 3 nitrogen and oxygen atoms in total. The van der Waals surface area contributed by atoms with Crippen molar-refractivity contribution in [2.75, 3.05) is 18.1 Å². The third-order valence-corrected chi connectivity index (χ3v) is 4.63. The summed E-state index contributed by atoms with van der Waals surface area (Å²) in [7, 11) is -1.17. The minimum Gasteiger partial charge on any atom is -0.493 e. The summed E-state index contributed by atoms with van der Waals surface area (Å²) in [6.07, 6.45) is 0. The number of halogens is 2. The second-order valence-electron chi connectivity index (χ2n) is 4.04. The summed E-state index contributed by atoms with van der Waals surface area (Å²) in [4.78, 5) is 0.639. The molecule has 0 radical (unpaired) electrons. The molecule has 2 N–H and O–H groups in total. The highest BCUT2D eigenvalue weighted by atomic mass is 35.5. The monoisotopic (exact) mass is 329 g/mol. The lowest BCUT2D eigenvalue weighted by atomic mass is 10.3. The predicted molar refractivity (Wildman–Crippen MR) is 84.1 cm³/mol. The second-order valence-corrected chi connectivity index (χ2v) is 6.43. The molecule has 1 atom stereocenters. The number of nitrogens with two attached hydrogens (primary N) is 1. The molecular formula is C14H13Cl2NO2S. The van der Waals surface area contributed by atoms with Crippen LogP contribution in [0.1, 0.15) is 0 Å². The minimum absolute atomic E-state index is 0.344. The van der Waals surface area contributed by atoms with E-state index in [1.165, 1.54) is 0 Å². The highest BCUT2D eigenvalue weighted by molar-refractivity contribution is 7.85. The molecular weight excluding hydrogens is 317 g/mol. The lowest BCUT2D eigenvalue weighted by molar-refractivity contribution is 0.342. The van der Waals surface area contributed by atoms with E-state index in [9.17, 15) is 4.21 Å². The van der Waals surface area contributed by atoms with Gasteiger partial charge in [0.1, 0.15) is 12.4 Å². The van der Waals surface area contributed by atoms with Gasteiger partial charge < -0.3 is 10.5 Å². The van der Waals surface area contributed by atoms with Crippen molar-refractivity contribution in [3.05, 3.63) is 52.5 Å². The van der Waals surface area contributed by atoms with Crippen LogP contribution < -0.4 is 10.5 Å². The summed E-state index contributed by atoms with van der Waals surface area (Å²) in [5, 5.41) is 0.850. The normalized spacial score (nSPS) is 12.1. The van der Waals surface area contributed by atoms with Gasteiger partial charge in [-0.25, -0.2) is 0 Å². The fourth-order valence-corrected chi connectivity index (χ4v) is 2.84. The maximum absolute atomic E-state index is 12.1. The van der Waals surface area contributed by atoms with Gasteiger partial charge in [0.05, 0.1) is 26.6 Å². The van der Waals surface area contributed by atoms with Crippen molar-refractivity contribution >= 4 is 39.7 Å². The molecule has 0 saturated heterocycles. The Hall–Kier alpha value is -1.23. The van der Waals surface area contributed by atoms with Gasteiger partial charge in [0.2, 0.25) is 0 Å². The molecule has 2 aromatic rings. The summed E-state index contributed by atoms with van der Waals surface area (Å²) in [6, 6.07) is 12.0. The van der Waals surface area contributed by atoms with Crippen LogP contribution in [0.4, 0.5) is 5.69 Å². The molecule has 0 amide bonds. The van der Waals surface area contributed by atoms with Gasteiger partial charge in [0, 0.05) is 10.6 Å². The van der Waals surface area contributed by atoms with Crippen LogP contribution in [0, 0.1) is 0 Å². The van der Waals surface area contributed by atoms with E-state index in [0.29, 0.717) is 38.7 Å². The average Bonchev–Trinajstić information content (AvgIpc) is 2.44. The molecule has 0 bridgehead atoms. The summed E-state index contributed by atoms with van der Waals surface area (Å²) in [5.74, 6) is 1.08. The fraction of sp³-hybridized carbons (Fsp3) is 0.143. The number of rotatable bonds is 5. The number of anilines is 1. The van der Waals surface area contributed by atoms with Crippen LogP contribution >= 0.6 is 23.2 Å². The van der Waals surface area contributed by atoms with E-state index in [4.69, 9.17) is 33.7 Å². The third-order valence-electron chi connectivity index (χ3n) is 2.57. The zero-order chi connectivity index (χ0) is 14.5. The van der Waals surface area contributed by atoms with Crippen LogP contribution in [-0.2, 0) is 10.8 Å². The Labute approximate surface area is 130 Å². The molecule has 106 valence electrons. The molecule has 0 aliphatic heterocycles. The van der Waals surface area contributed by atoms with Crippen molar-refractivity contribution in [2.24, 2.45) is 0 Å². The predicted octanol–water partition coefficient (Wildman–Crippen LogP) is 3.76. The topological polar surface area (TPSA) is 52.3 Å². The Morgan fingerprint density at radius 3 is 2.40 bits per heavy atom. The summed E-state index contributed by atoms with van der Waals surface area (Å²) < 4.78 is 17.6. The number of hydrogen-bond donors (Lipinski definition) is 1. The fourth-order valence-electron chi connectivity index (χ4n) is 1.54. The van der Waals surface area contributed by atoms with Gasteiger partial charge in [-0.1, -0.05) is 23.2 Å². The Morgan fingerprint density at radius 1 is 1.05 bits per heavy atom. The second kappa shape index (κ2) is 6.97. The van der Waals surface area contributed by atoms with Crippen LogP contribution in [-0.4, -0.2) is 16.6 Å². The first kappa shape index (κ1) is 15.2. The van der Waals surface area contributed by atoms with Crippen LogP contribution in [0.5, 0.6) is 5.75 Å². The summed E-state index contributed by atoms with van der Waals surface area (Å²) >= 11 is 11.7. The Bertz CT molecular complexity index is 617. The molecule has 0 fully saturated rings. The lowest BCUT2D eigenvalue weighted by Gasteiger charge is -2.07. The Morgan fingerprint density at radius 2 is 1.75 bits per heavy atom. The number of ether oxygens (including phenoxy) is 1. The average molecular weight is 330 g/mol. The van der Waals surface area contributed by atoms with Gasteiger partial charge in [-0.2, -0.15) is 0 Å². The first-order valence-corrected chi connectivity index (χ1v) is 7.95. The minimum atomic E-state index is -1.17.